The van der Waals surface area contributed by atoms with E-state index in [1.165, 1.54) is 0 Å². The molecule has 0 aliphatic heterocycles. The Hall–Kier alpha value is -1.03. The third-order valence-corrected chi connectivity index (χ3v) is 3.17. The lowest BCUT2D eigenvalue weighted by Gasteiger charge is -2.09. The van der Waals surface area contributed by atoms with Crippen LogP contribution in [0.25, 0.3) is 0 Å². The molecule has 0 aromatic heterocycles. The van der Waals surface area contributed by atoms with Crippen molar-refractivity contribution in [3.8, 4) is 5.75 Å². The second-order valence-electron chi connectivity index (χ2n) is 4.35. The van der Waals surface area contributed by atoms with Gasteiger partial charge in [0.25, 0.3) is 0 Å². The number of halogens is 1. The molecule has 0 atom stereocenters. The number of carbonyl (C=O) groups excluding carboxylic acids is 1. The highest BCUT2D eigenvalue weighted by molar-refractivity contribution is 9.10. The van der Waals surface area contributed by atoms with Crippen LogP contribution in [-0.2, 0) is 4.79 Å². The van der Waals surface area contributed by atoms with Crippen molar-refractivity contribution in [1.29, 1.82) is 0 Å². The van der Waals surface area contributed by atoms with Gasteiger partial charge in [0.05, 0.1) is 13.0 Å². The smallest absolute Gasteiger partial charge is 0.223 e. The molecule has 0 heterocycles. The van der Waals surface area contributed by atoms with Crippen LogP contribution < -0.4 is 10.1 Å². The molecule has 1 aliphatic rings. The topological polar surface area (TPSA) is 38.3 Å². The van der Waals surface area contributed by atoms with Gasteiger partial charge < -0.3 is 10.1 Å². The van der Waals surface area contributed by atoms with E-state index in [0.29, 0.717) is 19.1 Å². The number of carbonyl (C=O) groups is 1. The molecular formula is C13H16BrNO2. The van der Waals surface area contributed by atoms with Gasteiger partial charge in [-0.05, 0) is 37.5 Å². The van der Waals surface area contributed by atoms with Crippen molar-refractivity contribution < 1.29 is 9.53 Å². The highest BCUT2D eigenvalue weighted by Crippen LogP contribution is 2.23. The maximum Gasteiger partial charge on any atom is 0.223 e. The van der Waals surface area contributed by atoms with E-state index in [4.69, 9.17) is 4.74 Å². The summed E-state index contributed by atoms with van der Waals surface area (Å²) in [7, 11) is 0. The number of benzene rings is 1. The molecule has 1 N–H and O–H groups in total. The zero-order valence-corrected chi connectivity index (χ0v) is 11.4. The number of nitrogens with one attached hydrogen (secondary N) is 1. The number of amides is 1. The van der Waals surface area contributed by atoms with Crippen LogP contribution in [0.5, 0.6) is 5.75 Å². The Morgan fingerprint density at radius 2 is 2.29 bits per heavy atom. The molecule has 1 aromatic carbocycles. The minimum atomic E-state index is 0.0835. The van der Waals surface area contributed by atoms with Crippen molar-refractivity contribution in [2.45, 2.75) is 32.2 Å². The molecule has 1 amide bonds. The molecule has 0 radical (unpaired) electrons. The zero-order valence-electron chi connectivity index (χ0n) is 9.83. The SMILES string of the molecule is Cc1ccc(Br)cc1OCCC(=O)NC1CC1. The molecule has 17 heavy (non-hydrogen) atoms. The first-order valence-electron chi connectivity index (χ1n) is 5.83. The van der Waals surface area contributed by atoms with Crippen LogP contribution in [0.2, 0.25) is 0 Å². The third kappa shape index (κ3) is 4.04. The molecule has 4 heteroatoms. The molecule has 92 valence electrons. The normalized spacial score (nSPS) is 14.5. The second kappa shape index (κ2) is 5.54. The fraction of sp³-hybridized carbons (Fsp3) is 0.462. The van der Waals surface area contributed by atoms with Gasteiger partial charge in [-0.25, -0.2) is 0 Å². The van der Waals surface area contributed by atoms with E-state index in [1.807, 2.05) is 25.1 Å². The summed E-state index contributed by atoms with van der Waals surface area (Å²) in [4.78, 5) is 11.4. The number of hydrogen-bond acceptors (Lipinski definition) is 2. The van der Waals surface area contributed by atoms with Crippen molar-refractivity contribution in [1.82, 2.24) is 5.32 Å². The first-order chi connectivity index (χ1) is 8.15. The lowest BCUT2D eigenvalue weighted by atomic mass is 10.2. The van der Waals surface area contributed by atoms with Crippen LogP contribution >= 0.6 is 15.9 Å². The van der Waals surface area contributed by atoms with Crippen LogP contribution in [0.4, 0.5) is 0 Å². The molecule has 0 spiro atoms. The lowest BCUT2D eigenvalue weighted by Crippen LogP contribution is -2.26. The average molecular weight is 298 g/mol. The molecule has 3 nitrogen and oxygen atoms in total. The summed E-state index contributed by atoms with van der Waals surface area (Å²) in [6.07, 6.45) is 2.66. The molecule has 1 fully saturated rings. The van der Waals surface area contributed by atoms with Crippen molar-refractivity contribution >= 4 is 21.8 Å². The van der Waals surface area contributed by atoms with E-state index in [9.17, 15) is 4.79 Å². The van der Waals surface area contributed by atoms with E-state index in [2.05, 4.69) is 21.2 Å². The van der Waals surface area contributed by atoms with Crippen molar-refractivity contribution in [2.24, 2.45) is 0 Å². The van der Waals surface area contributed by atoms with Crippen molar-refractivity contribution in [3.63, 3.8) is 0 Å². The molecule has 1 saturated carbocycles. The summed E-state index contributed by atoms with van der Waals surface area (Å²) in [5, 5.41) is 2.94. The number of aryl methyl sites for hydroxylation is 1. The van der Waals surface area contributed by atoms with Gasteiger partial charge in [-0.2, -0.15) is 0 Å². The Balaban J connectivity index is 1.76. The van der Waals surface area contributed by atoms with Gasteiger partial charge in [0.1, 0.15) is 5.75 Å². The van der Waals surface area contributed by atoms with Gasteiger partial charge in [0.2, 0.25) is 5.91 Å². The van der Waals surface area contributed by atoms with Crippen molar-refractivity contribution in [3.05, 3.63) is 28.2 Å². The Morgan fingerprint density at radius 3 is 3.00 bits per heavy atom. The van der Waals surface area contributed by atoms with Gasteiger partial charge in [-0.15, -0.1) is 0 Å². The van der Waals surface area contributed by atoms with Crippen LogP contribution in [-0.4, -0.2) is 18.6 Å². The monoisotopic (exact) mass is 297 g/mol. The summed E-state index contributed by atoms with van der Waals surface area (Å²) in [6.45, 7) is 2.42. The standard InChI is InChI=1S/C13H16BrNO2/c1-9-2-3-10(14)8-12(9)17-7-6-13(16)15-11-4-5-11/h2-3,8,11H,4-7H2,1H3,(H,15,16). The molecule has 1 aliphatic carbocycles. The van der Waals surface area contributed by atoms with Gasteiger partial charge >= 0.3 is 0 Å². The Kier molecular flexibility index (Phi) is 4.05. The van der Waals surface area contributed by atoms with Gasteiger partial charge in [-0.1, -0.05) is 22.0 Å². The van der Waals surface area contributed by atoms with Crippen LogP contribution in [0, 0.1) is 6.92 Å². The number of ether oxygens (including phenoxy) is 1. The van der Waals surface area contributed by atoms with Gasteiger partial charge in [0.15, 0.2) is 0 Å². The summed E-state index contributed by atoms with van der Waals surface area (Å²) < 4.78 is 6.59. The highest BCUT2D eigenvalue weighted by Gasteiger charge is 2.22. The quantitative estimate of drug-likeness (QED) is 0.907. The summed E-state index contributed by atoms with van der Waals surface area (Å²) in [5.74, 6) is 0.916. The summed E-state index contributed by atoms with van der Waals surface area (Å²) in [6, 6.07) is 6.31. The fourth-order valence-electron chi connectivity index (χ4n) is 1.51. The average Bonchev–Trinajstić information content (AvgIpc) is 3.07. The fourth-order valence-corrected chi connectivity index (χ4v) is 1.85. The largest absolute Gasteiger partial charge is 0.493 e. The lowest BCUT2D eigenvalue weighted by molar-refractivity contribution is -0.121. The molecular weight excluding hydrogens is 282 g/mol. The van der Waals surface area contributed by atoms with Crippen LogP contribution in [0.1, 0.15) is 24.8 Å². The summed E-state index contributed by atoms with van der Waals surface area (Å²) in [5.41, 5.74) is 1.08. The van der Waals surface area contributed by atoms with E-state index >= 15 is 0 Å². The minimum Gasteiger partial charge on any atom is -0.493 e. The molecule has 2 rings (SSSR count). The molecule has 1 aromatic rings. The first kappa shape index (κ1) is 12.4. The molecule has 0 bridgehead atoms. The maximum absolute atomic E-state index is 11.4. The maximum atomic E-state index is 11.4. The van der Waals surface area contributed by atoms with E-state index in [0.717, 1.165) is 28.6 Å². The summed E-state index contributed by atoms with van der Waals surface area (Å²) >= 11 is 3.40. The number of hydrogen-bond donors (Lipinski definition) is 1. The van der Waals surface area contributed by atoms with Gasteiger partial charge in [-0.3, -0.25) is 4.79 Å². The Bertz CT molecular complexity index is 416. The molecule has 0 unspecified atom stereocenters. The predicted octanol–water partition coefficient (Wildman–Crippen LogP) is 2.81. The van der Waals surface area contributed by atoms with E-state index in [-0.39, 0.29) is 5.91 Å². The molecule has 0 saturated heterocycles. The highest BCUT2D eigenvalue weighted by atomic mass is 79.9. The van der Waals surface area contributed by atoms with E-state index in [1.54, 1.807) is 0 Å². The van der Waals surface area contributed by atoms with Crippen LogP contribution in [0.15, 0.2) is 22.7 Å². The second-order valence-corrected chi connectivity index (χ2v) is 5.27. The van der Waals surface area contributed by atoms with Gasteiger partial charge in [0, 0.05) is 10.5 Å². The van der Waals surface area contributed by atoms with E-state index < -0.39 is 0 Å². The number of rotatable bonds is 5. The zero-order chi connectivity index (χ0) is 12.3. The minimum absolute atomic E-state index is 0.0835. The Labute approximate surface area is 110 Å². The van der Waals surface area contributed by atoms with Crippen LogP contribution in [0.3, 0.4) is 0 Å². The first-order valence-corrected chi connectivity index (χ1v) is 6.63. The Morgan fingerprint density at radius 1 is 1.53 bits per heavy atom. The predicted molar refractivity (Wildman–Crippen MR) is 70.2 cm³/mol. The third-order valence-electron chi connectivity index (χ3n) is 2.68. The van der Waals surface area contributed by atoms with Crippen molar-refractivity contribution in [2.75, 3.05) is 6.61 Å².